The fraction of sp³-hybridized carbons (Fsp3) is 0.333. The molecule has 0 aromatic rings. The number of halogens is 2. The molecule has 0 aliphatic heterocycles. The van der Waals surface area contributed by atoms with Crippen molar-refractivity contribution in [2.45, 2.75) is 13.8 Å². The first-order valence-electron chi connectivity index (χ1n) is 3.70. The minimum Gasteiger partial charge on any atom is -0.276 e. The molecule has 70 valence electrons. The Labute approximate surface area is 86.2 Å². The van der Waals surface area contributed by atoms with E-state index in [1.807, 2.05) is 0 Å². The highest BCUT2D eigenvalue weighted by Crippen LogP contribution is 2.41. The molecule has 2 nitrogen and oxygen atoms in total. The van der Waals surface area contributed by atoms with E-state index in [9.17, 15) is 9.59 Å². The van der Waals surface area contributed by atoms with Gasteiger partial charge in [-0.1, -0.05) is 26.0 Å². The van der Waals surface area contributed by atoms with Crippen molar-refractivity contribution in [3.05, 3.63) is 23.3 Å². The van der Waals surface area contributed by atoms with E-state index in [2.05, 4.69) is 0 Å². The SMILES string of the molecule is CC1(C)C(C(=O)Cl)=CC=C1C(=O)Cl. The van der Waals surface area contributed by atoms with Crippen molar-refractivity contribution in [3.8, 4) is 0 Å². The van der Waals surface area contributed by atoms with Crippen LogP contribution < -0.4 is 0 Å². The molecule has 0 saturated carbocycles. The van der Waals surface area contributed by atoms with E-state index in [1.165, 1.54) is 12.2 Å². The Hall–Kier alpha value is -0.600. The molecule has 0 amide bonds. The summed E-state index contributed by atoms with van der Waals surface area (Å²) in [4.78, 5) is 21.9. The predicted octanol–water partition coefficient (Wildman–Crippen LogP) is 2.41. The van der Waals surface area contributed by atoms with Gasteiger partial charge < -0.3 is 0 Å². The zero-order chi connectivity index (χ0) is 10.2. The lowest BCUT2D eigenvalue weighted by molar-refractivity contribution is -0.109. The second-order valence-electron chi connectivity index (χ2n) is 3.33. The van der Waals surface area contributed by atoms with Crippen LogP contribution >= 0.6 is 23.2 Å². The number of allylic oxidation sites excluding steroid dienone is 4. The molecule has 13 heavy (non-hydrogen) atoms. The zero-order valence-corrected chi connectivity index (χ0v) is 8.74. The fourth-order valence-electron chi connectivity index (χ4n) is 1.35. The van der Waals surface area contributed by atoms with Crippen molar-refractivity contribution in [1.29, 1.82) is 0 Å². The third-order valence-corrected chi connectivity index (χ3v) is 2.59. The predicted molar refractivity (Wildman–Crippen MR) is 51.7 cm³/mol. The maximum absolute atomic E-state index is 10.9. The van der Waals surface area contributed by atoms with Crippen LogP contribution in [0.5, 0.6) is 0 Å². The highest BCUT2D eigenvalue weighted by molar-refractivity contribution is 6.69. The Kier molecular flexibility index (Phi) is 2.64. The highest BCUT2D eigenvalue weighted by Gasteiger charge is 2.37. The summed E-state index contributed by atoms with van der Waals surface area (Å²) in [6.07, 6.45) is 3.07. The molecule has 0 aromatic heterocycles. The molecule has 0 saturated heterocycles. The average Bonchev–Trinajstić information content (AvgIpc) is 2.24. The largest absolute Gasteiger partial charge is 0.276 e. The van der Waals surface area contributed by atoms with E-state index in [0.717, 1.165) is 0 Å². The van der Waals surface area contributed by atoms with Gasteiger partial charge in [0.15, 0.2) is 0 Å². The summed E-state index contributed by atoms with van der Waals surface area (Å²) in [6.45, 7) is 3.47. The van der Waals surface area contributed by atoms with Crippen molar-refractivity contribution in [2.24, 2.45) is 5.41 Å². The quantitative estimate of drug-likeness (QED) is 0.668. The Bertz CT molecular complexity index is 306. The molecule has 0 atom stereocenters. The van der Waals surface area contributed by atoms with Gasteiger partial charge in [0.05, 0.1) is 0 Å². The summed E-state index contributed by atoms with van der Waals surface area (Å²) in [6, 6.07) is 0. The van der Waals surface area contributed by atoms with E-state index in [-0.39, 0.29) is 0 Å². The number of rotatable bonds is 2. The molecule has 0 bridgehead atoms. The van der Waals surface area contributed by atoms with E-state index in [1.54, 1.807) is 13.8 Å². The molecule has 0 N–H and O–H groups in total. The monoisotopic (exact) mass is 218 g/mol. The minimum atomic E-state index is -0.669. The lowest BCUT2D eigenvalue weighted by atomic mass is 9.82. The molecule has 0 unspecified atom stereocenters. The molecule has 0 aromatic carbocycles. The van der Waals surface area contributed by atoms with Crippen LogP contribution in [0, 0.1) is 5.41 Å². The van der Waals surface area contributed by atoms with Crippen LogP contribution in [0.3, 0.4) is 0 Å². The maximum atomic E-state index is 10.9. The Balaban J connectivity index is 3.07. The van der Waals surface area contributed by atoms with Crippen LogP contribution in [-0.2, 0) is 9.59 Å². The first-order valence-corrected chi connectivity index (χ1v) is 4.45. The first-order chi connectivity index (χ1) is 5.87. The number of hydrogen-bond donors (Lipinski definition) is 0. The second-order valence-corrected chi connectivity index (χ2v) is 4.02. The van der Waals surface area contributed by atoms with E-state index in [0.29, 0.717) is 11.1 Å². The highest BCUT2D eigenvalue weighted by atomic mass is 35.5. The zero-order valence-electron chi connectivity index (χ0n) is 7.23. The van der Waals surface area contributed by atoms with Gasteiger partial charge in [-0.3, -0.25) is 9.59 Å². The summed E-state index contributed by atoms with van der Waals surface area (Å²) in [5.41, 5.74) is 0.133. The van der Waals surface area contributed by atoms with Crippen molar-refractivity contribution < 1.29 is 9.59 Å². The number of carbonyl (C=O) groups excluding carboxylic acids is 2. The Morgan fingerprint density at radius 3 is 1.54 bits per heavy atom. The standard InChI is InChI=1S/C9H8Cl2O2/c1-9(2)5(7(10)12)3-4-6(9)8(11)13/h3-4H,1-2H3. The van der Waals surface area contributed by atoms with Gasteiger partial charge in [-0.15, -0.1) is 0 Å². The second kappa shape index (κ2) is 3.28. The summed E-state index contributed by atoms with van der Waals surface area (Å²) in [7, 11) is 0. The summed E-state index contributed by atoms with van der Waals surface area (Å²) in [5, 5.41) is -1.09. The number of hydrogen-bond acceptors (Lipinski definition) is 2. The topological polar surface area (TPSA) is 34.1 Å². The number of carbonyl (C=O) groups is 2. The van der Waals surface area contributed by atoms with Crippen LogP contribution in [0.4, 0.5) is 0 Å². The van der Waals surface area contributed by atoms with Gasteiger partial charge in [0, 0.05) is 16.6 Å². The van der Waals surface area contributed by atoms with E-state index >= 15 is 0 Å². The minimum absolute atomic E-state index is 0.401. The van der Waals surface area contributed by atoms with Crippen LogP contribution in [-0.4, -0.2) is 10.5 Å². The molecule has 1 rings (SSSR count). The molecule has 0 heterocycles. The molecule has 0 fully saturated rings. The molecule has 0 spiro atoms. The molecule has 1 aliphatic carbocycles. The van der Waals surface area contributed by atoms with Gasteiger partial charge in [0.1, 0.15) is 0 Å². The van der Waals surface area contributed by atoms with Crippen LogP contribution in [0.15, 0.2) is 23.3 Å². The van der Waals surface area contributed by atoms with Gasteiger partial charge in [-0.05, 0) is 23.2 Å². The fourth-order valence-corrected chi connectivity index (χ4v) is 1.95. The molecular weight excluding hydrogens is 211 g/mol. The summed E-state index contributed by atoms with van der Waals surface area (Å²) in [5.74, 6) is 0. The van der Waals surface area contributed by atoms with Gasteiger partial charge in [0.25, 0.3) is 0 Å². The Morgan fingerprint density at radius 2 is 1.38 bits per heavy atom. The van der Waals surface area contributed by atoms with Crippen LogP contribution in [0.1, 0.15) is 13.8 Å². The van der Waals surface area contributed by atoms with Gasteiger partial charge in [-0.2, -0.15) is 0 Å². The van der Waals surface area contributed by atoms with Crippen molar-refractivity contribution >= 4 is 33.7 Å². The average molecular weight is 219 g/mol. The van der Waals surface area contributed by atoms with Crippen molar-refractivity contribution in [2.75, 3.05) is 0 Å². The van der Waals surface area contributed by atoms with Gasteiger partial charge in [0.2, 0.25) is 10.5 Å². The lowest BCUT2D eigenvalue weighted by Gasteiger charge is -2.22. The third-order valence-electron chi connectivity index (χ3n) is 2.19. The Morgan fingerprint density at radius 1 is 1.08 bits per heavy atom. The third kappa shape index (κ3) is 1.69. The smallest absolute Gasteiger partial charge is 0.249 e. The van der Waals surface area contributed by atoms with Crippen molar-refractivity contribution in [1.82, 2.24) is 0 Å². The van der Waals surface area contributed by atoms with Gasteiger partial charge >= 0.3 is 0 Å². The lowest BCUT2D eigenvalue weighted by Crippen LogP contribution is -2.21. The van der Waals surface area contributed by atoms with Gasteiger partial charge in [-0.25, -0.2) is 0 Å². The van der Waals surface area contributed by atoms with E-state index in [4.69, 9.17) is 23.2 Å². The van der Waals surface area contributed by atoms with Crippen molar-refractivity contribution in [3.63, 3.8) is 0 Å². The summed E-state index contributed by atoms with van der Waals surface area (Å²) < 4.78 is 0. The molecule has 4 heteroatoms. The molecule has 1 aliphatic rings. The summed E-state index contributed by atoms with van der Waals surface area (Å²) >= 11 is 10.7. The normalized spacial score (nSPS) is 19.4. The molecule has 0 radical (unpaired) electrons. The molecular formula is C9H8Cl2O2. The first kappa shape index (κ1) is 10.5. The van der Waals surface area contributed by atoms with Crippen LogP contribution in [0.25, 0.3) is 0 Å². The maximum Gasteiger partial charge on any atom is 0.249 e. The van der Waals surface area contributed by atoms with E-state index < -0.39 is 15.9 Å². The van der Waals surface area contributed by atoms with Crippen LogP contribution in [0.2, 0.25) is 0 Å².